The summed E-state index contributed by atoms with van der Waals surface area (Å²) < 4.78 is 0. The first-order valence-corrected chi connectivity index (χ1v) is 6.09. The van der Waals surface area contributed by atoms with Gasteiger partial charge in [0, 0.05) is 12.2 Å². The van der Waals surface area contributed by atoms with Crippen LogP contribution in [0, 0.1) is 0 Å². The largest absolute Gasteiger partial charge is 0.508 e. The molecule has 0 saturated carbocycles. The maximum atomic E-state index is 9.07. The van der Waals surface area contributed by atoms with E-state index in [0.717, 1.165) is 12.2 Å². The van der Waals surface area contributed by atoms with Gasteiger partial charge in [0.1, 0.15) is 5.75 Å². The lowest BCUT2D eigenvalue weighted by Crippen LogP contribution is -2.02. The molecule has 0 bridgehead atoms. The molecule has 0 heterocycles. The molecule has 0 fully saturated rings. The standard InChI is InChI=1S/C11H17NOS/c1-2-14-9-3-8-12-10-4-6-11(13)7-5-10/h4-7,12-13H,2-3,8-9H2,1H3. The summed E-state index contributed by atoms with van der Waals surface area (Å²) in [6.07, 6.45) is 1.18. The van der Waals surface area contributed by atoms with Gasteiger partial charge in [-0.05, 0) is 42.2 Å². The summed E-state index contributed by atoms with van der Waals surface area (Å²) in [4.78, 5) is 0. The molecule has 2 N–H and O–H groups in total. The number of hydrogen-bond acceptors (Lipinski definition) is 3. The van der Waals surface area contributed by atoms with E-state index in [-0.39, 0.29) is 0 Å². The van der Waals surface area contributed by atoms with E-state index in [4.69, 9.17) is 5.11 Å². The van der Waals surface area contributed by atoms with E-state index >= 15 is 0 Å². The fraction of sp³-hybridized carbons (Fsp3) is 0.455. The van der Waals surface area contributed by atoms with Crippen LogP contribution in [0.4, 0.5) is 5.69 Å². The molecule has 1 aromatic carbocycles. The smallest absolute Gasteiger partial charge is 0.115 e. The van der Waals surface area contributed by atoms with E-state index in [0.29, 0.717) is 5.75 Å². The molecule has 0 aliphatic rings. The number of phenolic OH excluding ortho intramolecular Hbond substituents is 1. The molecule has 1 rings (SSSR count). The topological polar surface area (TPSA) is 32.3 Å². The van der Waals surface area contributed by atoms with Gasteiger partial charge in [0.05, 0.1) is 0 Å². The minimum absolute atomic E-state index is 0.317. The molecular formula is C11H17NOS. The zero-order valence-electron chi connectivity index (χ0n) is 8.49. The van der Waals surface area contributed by atoms with Crippen LogP contribution in [0.15, 0.2) is 24.3 Å². The zero-order valence-corrected chi connectivity index (χ0v) is 9.31. The molecule has 0 radical (unpaired) electrons. The Balaban J connectivity index is 2.15. The molecule has 78 valence electrons. The van der Waals surface area contributed by atoms with Crippen molar-refractivity contribution in [2.75, 3.05) is 23.4 Å². The Kier molecular flexibility index (Phi) is 5.30. The number of thioether (sulfide) groups is 1. The predicted molar refractivity (Wildman–Crippen MR) is 64.2 cm³/mol. The quantitative estimate of drug-likeness (QED) is 0.560. The zero-order chi connectivity index (χ0) is 10.2. The van der Waals surface area contributed by atoms with Crippen molar-refractivity contribution in [3.8, 4) is 5.75 Å². The van der Waals surface area contributed by atoms with E-state index in [1.165, 1.54) is 17.9 Å². The number of anilines is 1. The normalized spacial score (nSPS) is 10.1. The van der Waals surface area contributed by atoms with Gasteiger partial charge in [0.15, 0.2) is 0 Å². The van der Waals surface area contributed by atoms with Crippen molar-refractivity contribution >= 4 is 17.4 Å². The summed E-state index contributed by atoms with van der Waals surface area (Å²) in [6, 6.07) is 7.18. The average Bonchev–Trinajstić information content (AvgIpc) is 2.21. The Morgan fingerprint density at radius 2 is 2.00 bits per heavy atom. The van der Waals surface area contributed by atoms with Gasteiger partial charge in [-0.25, -0.2) is 0 Å². The predicted octanol–water partition coefficient (Wildman–Crippen LogP) is 2.95. The number of nitrogens with one attached hydrogen (secondary N) is 1. The summed E-state index contributed by atoms with van der Waals surface area (Å²) in [5.74, 6) is 2.72. The first-order chi connectivity index (χ1) is 6.83. The second kappa shape index (κ2) is 6.60. The first kappa shape index (κ1) is 11.2. The van der Waals surface area contributed by atoms with Crippen molar-refractivity contribution in [1.82, 2.24) is 0 Å². The molecule has 0 aliphatic carbocycles. The third-order valence-electron chi connectivity index (χ3n) is 1.87. The number of phenols is 1. The monoisotopic (exact) mass is 211 g/mol. The van der Waals surface area contributed by atoms with Crippen molar-refractivity contribution in [2.45, 2.75) is 13.3 Å². The van der Waals surface area contributed by atoms with Crippen LogP contribution < -0.4 is 5.32 Å². The Labute approximate surface area is 89.7 Å². The molecule has 1 aromatic rings. The van der Waals surface area contributed by atoms with Crippen LogP contribution in [-0.4, -0.2) is 23.2 Å². The molecule has 0 spiro atoms. The fourth-order valence-corrected chi connectivity index (χ4v) is 1.77. The van der Waals surface area contributed by atoms with Gasteiger partial charge in [-0.3, -0.25) is 0 Å². The van der Waals surface area contributed by atoms with Crippen molar-refractivity contribution < 1.29 is 5.11 Å². The highest BCUT2D eigenvalue weighted by atomic mass is 32.2. The lowest BCUT2D eigenvalue weighted by Gasteiger charge is -2.05. The summed E-state index contributed by atoms with van der Waals surface area (Å²) in [7, 11) is 0. The van der Waals surface area contributed by atoms with Gasteiger partial charge in [-0.2, -0.15) is 11.8 Å². The summed E-state index contributed by atoms with van der Waals surface area (Å²) in [5, 5.41) is 12.4. The van der Waals surface area contributed by atoms with Crippen molar-refractivity contribution in [3.05, 3.63) is 24.3 Å². The highest BCUT2D eigenvalue weighted by molar-refractivity contribution is 7.99. The van der Waals surface area contributed by atoms with Crippen molar-refractivity contribution in [3.63, 3.8) is 0 Å². The highest BCUT2D eigenvalue weighted by Gasteiger charge is 1.91. The molecule has 3 heteroatoms. The van der Waals surface area contributed by atoms with Crippen LogP contribution in [0.5, 0.6) is 5.75 Å². The number of aromatic hydroxyl groups is 1. The molecule has 0 aromatic heterocycles. The Morgan fingerprint density at radius 3 is 2.64 bits per heavy atom. The number of benzene rings is 1. The second-order valence-electron chi connectivity index (χ2n) is 3.02. The van der Waals surface area contributed by atoms with Gasteiger partial charge >= 0.3 is 0 Å². The molecule has 0 aliphatic heterocycles. The molecule has 0 amide bonds. The highest BCUT2D eigenvalue weighted by Crippen LogP contribution is 2.13. The lowest BCUT2D eigenvalue weighted by molar-refractivity contribution is 0.475. The molecule has 0 saturated heterocycles. The minimum Gasteiger partial charge on any atom is -0.508 e. The number of rotatable bonds is 6. The summed E-state index contributed by atoms with van der Waals surface area (Å²) >= 11 is 1.97. The average molecular weight is 211 g/mol. The maximum Gasteiger partial charge on any atom is 0.115 e. The van der Waals surface area contributed by atoms with Gasteiger partial charge in [0.25, 0.3) is 0 Å². The van der Waals surface area contributed by atoms with E-state index in [2.05, 4.69) is 12.2 Å². The van der Waals surface area contributed by atoms with Crippen molar-refractivity contribution in [1.29, 1.82) is 0 Å². The third-order valence-corrected chi connectivity index (χ3v) is 2.85. The molecule has 14 heavy (non-hydrogen) atoms. The summed E-state index contributed by atoms with van der Waals surface area (Å²) in [5.41, 5.74) is 1.07. The van der Waals surface area contributed by atoms with E-state index < -0.39 is 0 Å². The van der Waals surface area contributed by atoms with Crippen LogP contribution in [0.3, 0.4) is 0 Å². The fourth-order valence-electron chi connectivity index (χ4n) is 1.13. The third kappa shape index (κ3) is 4.42. The summed E-state index contributed by atoms with van der Waals surface area (Å²) in [6.45, 7) is 3.18. The Hall–Kier alpha value is -0.830. The maximum absolute atomic E-state index is 9.07. The SMILES string of the molecule is CCSCCCNc1ccc(O)cc1. The van der Waals surface area contributed by atoms with Crippen LogP contribution in [0.2, 0.25) is 0 Å². The van der Waals surface area contributed by atoms with Gasteiger partial charge in [0.2, 0.25) is 0 Å². The first-order valence-electron chi connectivity index (χ1n) is 4.93. The minimum atomic E-state index is 0.317. The van der Waals surface area contributed by atoms with Crippen LogP contribution in [-0.2, 0) is 0 Å². The van der Waals surface area contributed by atoms with Crippen molar-refractivity contribution in [2.24, 2.45) is 0 Å². The number of hydrogen-bond donors (Lipinski definition) is 2. The lowest BCUT2D eigenvalue weighted by atomic mass is 10.3. The molecular weight excluding hydrogens is 194 g/mol. The molecule has 0 unspecified atom stereocenters. The van der Waals surface area contributed by atoms with Crippen LogP contribution in [0.1, 0.15) is 13.3 Å². The van der Waals surface area contributed by atoms with E-state index in [1.54, 1.807) is 12.1 Å². The van der Waals surface area contributed by atoms with Gasteiger partial charge in [-0.15, -0.1) is 0 Å². The van der Waals surface area contributed by atoms with Crippen LogP contribution in [0.25, 0.3) is 0 Å². The van der Waals surface area contributed by atoms with Gasteiger partial charge in [-0.1, -0.05) is 6.92 Å². The Morgan fingerprint density at radius 1 is 1.29 bits per heavy atom. The molecule has 2 nitrogen and oxygen atoms in total. The second-order valence-corrected chi connectivity index (χ2v) is 4.42. The van der Waals surface area contributed by atoms with E-state index in [9.17, 15) is 0 Å². The van der Waals surface area contributed by atoms with Crippen LogP contribution >= 0.6 is 11.8 Å². The molecule has 0 atom stereocenters. The Bertz CT molecular complexity index is 248. The van der Waals surface area contributed by atoms with E-state index in [1.807, 2.05) is 23.9 Å². The van der Waals surface area contributed by atoms with Gasteiger partial charge < -0.3 is 10.4 Å².